The first-order valence-corrected chi connectivity index (χ1v) is 5.95. The summed E-state index contributed by atoms with van der Waals surface area (Å²) in [6.45, 7) is 0. The summed E-state index contributed by atoms with van der Waals surface area (Å²) in [5.74, 6) is -0.670. The van der Waals surface area contributed by atoms with Gasteiger partial charge in [0.25, 0.3) is 12.1 Å². The summed E-state index contributed by atoms with van der Waals surface area (Å²) in [4.78, 5) is 31.5. The highest BCUT2D eigenvalue weighted by atomic mass is 79.9. The van der Waals surface area contributed by atoms with E-state index < -0.39 is 27.8 Å². The van der Waals surface area contributed by atoms with Gasteiger partial charge in [-0.3, -0.25) is 25.0 Å². The van der Waals surface area contributed by atoms with Crippen LogP contribution >= 0.6 is 15.9 Å². The predicted molar refractivity (Wildman–Crippen MR) is 57.7 cm³/mol. The van der Waals surface area contributed by atoms with Gasteiger partial charge in [0.1, 0.15) is 5.78 Å². The molecule has 0 saturated heterocycles. The van der Waals surface area contributed by atoms with Crippen LogP contribution in [0.5, 0.6) is 0 Å². The molecular weight excluding hydrogens is 284 g/mol. The SMILES string of the molecule is O=C(CCBr)C1CC([N+](=O)[O-])C([N+](=O)[O-])C1. The van der Waals surface area contributed by atoms with Crippen molar-refractivity contribution < 1.29 is 14.6 Å². The molecule has 0 N–H and O–H groups in total. The van der Waals surface area contributed by atoms with Crippen molar-refractivity contribution in [3.63, 3.8) is 0 Å². The minimum Gasteiger partial charge on any atom is -0.299 e. The van der Waals surface area contributed by atoms with E-state index in [9.17, 15) is 25.0 Å². The van der Waals surface area contributed by atoms with Crippen LogP contribution in [0, 0.1) is 26.1 Å². The van der Waals surface area contributed by atoms with E-state index in [0.29, 0.717) is 5.33 Å². The third-order valence-corrected chi connectivity index (χ3v) is 3.23. The fraction of sp³-hybridized carbons (Fsp3) is 0.875. The second-order valence-corrected chi connectivity index (χ2v) is 4.57. The van der Waals surface area contributed by atoms with Crippen LogP contribution in [0.25, 0.3) is 0 Å². The predicted octanol–water partition coefficient (Wildman–Crippen LogP) is 1.04. The van der Waals surface area contributed by atoms with E-state index in [-0.39, 0.29) is 25.0 Å². The summed E-state index contributed by atoms with van der Waals surface area (Å²) >= 11 is 3.10. The van der Waals surface area contributed by atoms with Crippen molar-refractivity contribution in [2.24, 2.45) is 5.92 Å². The van der Waals surface area contributed by atoms with Gasteiger partial charge >= 0.3 is 0 Å². The molecule has 0 radical (unpaired) electrons. The number of nitrogens with zero attached hydrogens (tertiary/aromatic N) is 2. The first-order valence-electron chi connectivity index (χ1n) is 4.83. The maximum Gasteiger partial charge on any atom is 0.279 e. The summed E-state index contributed by atoms with van der Waals surface area (Å²) in [5, 5.41) is 21.7. The molecule has 1 rings (SSSR count). The number of hydrogen-bond donors (Lipinski definition) is 0. The molecule has 2 atom stereocenters. The minimum atomic E-state index is -1.22. The largest absolute Gasteiger partial charge is 0.299 e. The van der Waals surface area contributed by atoms with Gasteiger partial charge < -0.3 is 0 Å². The third kappa shape index (κ3) is 2.75. The Labute approximate surface area is 99.6 Å². The van der Waals surface area contributed by atoms with Crippen LogP contribution in [-0.4, -0.2) is 33.0 Å². The molecule has 0 aromatic heterocycles. The molecular formula is C8H11BrN2O5. The minimum absolute atomic E-state index is 0.00944. The zero-order valence-corrected chi connectivity index (χ0v) is 9.96. The monoisotopic (exact) mass is 294 g/mol. The highest BCUT2D eigenvalue weighted by Gasteiger charge is 2.51. The number of carbonyl (C=O) groups excluding carboxylic acids is 1. The van der Waals surface area contributed by atoms with Crippen molar-refractivity contribution in [2.75, 3.05) is 5.33 Å². The number of Topliss-reactive ketones (excluding diaryl/α,β-unsaturated/α-hetero) is 1. The Hall–Kier alpha value is -1.05. The van der Waals surface area contributed by atoms with E-state index in [1.165, 1.54) is 0 Å². The molecule has 0 bridgehead atoms. The number of carbonyl (C=O) groups is 1. The lowest BCUT2D eigenvalue weighted by Gasteiger charge is -2.03. The van der Waals surface area contributed by atoms with Crippen molar-refractivity contribution in [1.29, 1.82) is 0 Å². The first-order chi connectivity index (χ1) is 7.47. The summed E-state index contributed by atoms with van der Waals surface area (Å²) in [5.41, 5.74) is 0. The fourth-order valence-electron chi connectivity index (χ4n) is 2.01. The Bertz CT molecular complexity index is 300. The number of alkyl halides is 1. The van der Waals surface area contributed by atoms with Gasteiger partial charge in [0.15, 0.2) is 0 Å². The van der Waals surface area contributed by atoms with E-state index >= 15 is 0 Å². The van der Waals surface area contributed by atoms with Gasteiger partial charge in [-0.1, -0.05) is 15.9 Å². The molecule has 0 aliphatic heterocycles. The van der Waals surface area contributed by atoms with Crippen LogP contribution < -0.4 is 0 Å². The highest BCUT2D eigenvalue weighted by Crippen LogP contribution is 2.31. The Morgan fingerprint density at radius 3 is 1.94 bits per heavy atom. The fourth-order valence-corrected chi connectivity index (χ4v) is 2.40. The number of rotatable bonds is 5. The first kappa shape index (κ1) is 13.0. The van der Waals surface area contributed by atoms with Crippen LogP contribution in [0.15, 0.2) is 0 Å². The zero-order valence-electron chi connectivity index (χ0n) is 8.37. The Morgan fingerprint density at radius 2 is 1.62 bits per heavy atom. The van der Waals surface area contributed by atoms with Gasteiger partial charge in [0.2, 0.25) is 0 Å². The normalized spacial score (nSPS) is 28.9. The van der Waals surface area contributed by atoms with Gasteiger partial charge in [0, 0.05) is 40.4 Å². The van der Waals surface area contributed by atoms with Gasteiger partial charge in [-0.15, -0.1) is 0 Å². The maximum absolute atomic E-state index is 11.5. The number of hydrogen-bond acceptors (Lipinski definition) is 5. The van der Waals surface area contributed by atoms with Crippen molar-refractivity contribution in [2.45, 2.75) is 31.3 Å². The summed E-state index contributed by atoms with van der Waals surface area (Å²) in [7, 11) is 0. The van der Waals surface area contributed by atoms with Crippen molar-refractivity contribution >= 4 is 21.7 Å². The molecule has 1 aliphatic carbocycles. The standard InChI is InChI=1S/C8H11BrN2O5/c9-2-1-8(12)5-3-6(10(13)14)7(4-5)11(15)16/h5-7H,1-4H2. The third-order valence-electron chi connectivity index (χ3n) is 2.83. The number of ketones is 1. The molecule has 0 heterocycles. The Balaban J connectivity index is 2.72. The van der Waals surface area contributed by atoms with E-state index in [0.717, 1.165) is 0 Å². The van der Waals surface area contributed by atoms with Gasteiger partial charge in [-0.2, -0.15) is 0 Å². The van der Waals surface area contributed by atoms with Crippen molar-refractivity contribution in [3.05, 3.63) is 20.2 Å². The second-order valence-electron chi connectivity index (χ2n) is 3.78. The summed E-state index contributed by atoms with van der Waals surface area (Å²) < 4.78 is 0. The van der Waals surface area contributed by atoms with Gasteiger partial charge in [-0.25, -0.2) is 0 Å². The molecule has 0 spiro atoms. The molecule has 0 aromatic rings. The number of nitro groups is 2. The lowest BCUT2D eigenvalue weighted by Crippen LogP contribution is -2.34. The van der Waals surface area contributed by atoms with Gasteiger partial charge in [0.05, 0.1) is 0 Å². The maximum atomic E-state index is 11.5. The molecule has 1 fully saturated rings. The Morgan fingerprint density at radius 1 is 1.19 bits per heavy atom. The van der Waals surface area contributed by atoms with Crippen molar-refractivity contribution in [1.82, 2.24) is 0 Å². The topological polar surface area (TPSA) is 103 Å². The van der Waals surface area contributed by atoms with Crippen LogP contribution in [0.4, 0.5) is 0 Å². The molecule has 8 heteroatoms. The van der Waals surface area contributed by atoms with E-state index in [1.54, 1.807) is 0 Å². The smallest absolute Gasteiger partial charge is 0.279 e. The quantitative estimate of drug-likeness (QED) is 0.428. The molecule has 1 saturated carbocycles. The van der Waals surface area contributed by atoms with Crippen LogP contribution in [0.2, 0.25) is 0 Å². The van der Waals surface area contributed by atoms with Gasteiger partial charge in [-0.05, 0) is 0 Å². The van der Waals surface area contributed by atoms with E-state index in [2.05, 4.69) is 15.9 Å². The zero-order chi connectivity index (χ0) is 12.3. The average molecular weight is 295 g/mol. The average Bonchev–Trinajstić information content (AvgIpc) is 2.62. The van der Waals surface area contributed by atoms with Crippen LogP contribution in [-0.2, 0) is 4.79 Å². The second kappa shape index (κ2) is 5.33. The molecule has 0 amide bonds. The highest BCUT2D eigenvalue weighted by molar-refractivity contribution is 9.09. The van der Waals surface area contributed by atoms with Crippen LogP contribution in [0.3, 0.4) is 0 Å². The molecule has 90 valence electrons. The van der Waals surface area contributed by atoms with Crippen molar-refractivity contribution in [3.8, 4) is 0 Å². The summed E-state index contributed by atoms with van der Waals surface area (Å²) in [6, 6.07) is -2.45. The lowest BCUT2D eigenvalue weighted by atomic mass is 10.0. The molecule has 1 aliphatic rings. The lowest BCUT2D eigenvalue weighted by molar-refractivity contribution is -0.611. The number of halogens is 1. The molecule has 2 unspecified atom stereocenters. The van der Waals surface area contributed by atoms with Crippen LogP contribution in [0.1, 0.15) is 19.3 Å². The molecule has 0 aromatic carbocycles. The Kier molecular flexibility index (Phi) is 4.34. The van der Waals surface area contributed by atoms with E-state index in [1.807, 2.05) is 0 Å². The molecule has 16 heavy (non-hydrogen) atoms. The molecule has 7 nitrogen and oxygen atoms in total. The summed E-state index contributed by atoms with van der Waals surface area (Å²) in [6.07, 6.45) is 0.245. The van der Waals surface area contributed by atoms with E-state index in [4.69, 9.17) is 0 Å².